The lowest BCUT2D eigenvalue weighted by atomic mass is 9.91. The van der Waals surface area contributed by atoms with Gasteiger partial charge in [-0.25, -0.2) is 0 Å². The van der Waals surface area contributed by atoms with Crippen LogP contribution in [0.2, 0.25) is 0 Å². The van der Waals surface area contributed by atoms with Crippen molar-refractivity contribution in [2.24, 2.45) is 11.8 Å². The number of aromatic amines is 1. The van der Waals surface area contributed by atoms with Crippen molar-refractivity contribution in [3.63, 3.8) is 0 Å². The topological polar surface area (TPSA) is 48.1 Å². The van der Waals surface area contributed by atoms with Gasteiger partial charge in [0, 0.05) is 36.6 Å². The summed E-state index contributed by atoms with van der Waals surface area (Å²) >= 11 is 0. The first-order valence-electron chi connectivity index (χ1n) is 10.6. The number of piperidine rings is 1. The van der Waals surface area contributed by atoms with Gasteiger partial charge in [0.05, 0.1) is 5.52 Å². The van der Waals surface area contributed by atoms with Gasteiger partial charge in [0.2, 0.25) is 0 Å². The molecule has 4 heteroatoms. The Morgan fingerprint density at radius 2 is 1.72 bits per heavy atom. The summed E-state index contributed by atoms with van der Waals surface area (Å²) in [6.07, 6.45) is 1.31. The maximum absolute atomic E-state index is 12.5. The van der Waals surface area contributed by atoms with Gasteiger partial charge in [-0.3, -0.25) is 4.79 Å². The lowest BCUT2D eigenvalue weighted by Gasteiger charge is -2.36. The molecule has 0 saturated carbocycles. The highest BCUT2D eigenvalue weighted by atomic mass is 16.1. The van der Waals surface area contributed by atoms with Gasteiger partial charge in [-0.1, -0.05) is 25.5 Å². The van der Waals surface area contributed by atoms with E-state index in [-0.39, 0.29) is 5.56 Å². The maximum Gasteiger partial charge on any atom is 0.253 e. The van der Waals surface area contributed by atoms with E-state index in [0.29, 0.717) is 6.54 Å². The van der Waals surface area contributed by atoms with Crippen molar-refractivity contribution >= 4 is 22.3 Å². The van der Waals surface area contributed by atoms with Crippen LogP contribution in [-0.4, -0.2) is 18.1 Å². The van der Waals surface area contributed by atoms with E-state index in [2.05, 4.69) is 72.4 Å². The van der Waals surface area contributed by atoms with Crippen molar-refractivity contribution < 1.29 is 0 Å². The standard InChI is InChI=1S/C25H31N3O/c1-16-10-19(4)24-20(11-16)12-21(25(29)27-24)13-26-22-5-7-23(8-6-22)28-14-17(2)9-18(3)15-28/h5-8,10-12,17-18,26H,9,13-15H2,1-4H3,(H,27,29)/t17-,18-/m0/s1. The summed E-state index contributed by atoms with van der Waals surface area (Å²) in [5.74, 6) is 1.48. The molecule has 0 bridgehead atoms. The van der Waals surface area contributed by atoms with Crippen molar-refractivity contribution in [1.82, 2.24) is 4.98 Å². The molecule has 1 aromatic heterocycles. The molecule has 3 aromatic rings. The molecule has 0 spiro atoms. The van der Waals surface area contributed by atoms with Crippen LogP contribution in [0.4, 0.5) is 11.4 Å². The Kier molecular flexibility index (Phi) is 5.35. The van der Waals surface area contributed by atoms with Gasteiger partial charge in [-0.2, -0.15) is 0 Å². The van der Waals surface area contributed by atoms with Crippen molar-refractivity contribution in [3.8, 4) is 0 Å². The summed E-state index contributed by atoms with van der Waals surface area (Å²) in [7, 11) is 0. The van der Waals surface area contributed by atoms with E-state index in [0.717, 1.165) is 52.6 Å². The molecule has 2 N–H and O–H groups in total. The van der Waals surface area contributed by atoms with E-state index in [1.165, 1.54) is 17.7 Å². The lowest BCUT2D eigenvalue weighted by molar-refractivity contribution is 0.357. The number of hydrogen-bond donors (Lipinski definition) is 2. The summed E-state index contributed by atoms with van der Waals surface area (Å²) < 4.78 is 0. The molecule has 4 nitrogen and oxygen atoms in total. The zero-order valence-corrected chi connectivity index (χ0v) is 17.9. The van der Waals surface area contributed by atoms with Crippen LogP contribution in [-0.2, 0) is 6.54 Å². The fourth-order valence-corrected chi connectivity index (χ4v) is 4.72. The molecule has 152 valence electrons. The minimum atomic E-state index is -0.0233. The third-order valence-corrected chi connectivity index (χ3v) is 5.95. The Morgan fingerprint density at radius 1 is 1.03 bits per heavy atom. The third kappa shape index (κ3) is 4.31. The number of aryl methyl sites for hydroxylation is 2. The second-order valence-corrected chi connectivity index (χ2v) is 8.92. The van der Waals surface area contributed by atoms with Crippen LogP contribution in [0.25, 0.3) is 10.9 Å². The van der Waals surface area contributed by atoms with E-state index in [1.54, 1.807) is 0 Å². The molecule has 1 aliphatic heterocycles. The van der Waals surface area contributed by atoms with Gasteiger partial charge >= 0.3 is 0 Å². The van der Waals surface area contributed by atoms with Crippen LogP contribution in [0.3, 0.4) is 0 Å². The van der Waals surface area contributed by atoms with Crippen LogP contribution in [0.1, 0.15) is 37.0 Å². The minimum absolute atomic E-state index is 0.0233. The SMILES string of the molecule is Cc1cc(C)c2[nH]c(=O)c(CNc3ccc(N4C[C@@H](C)C[C@H](C)C4)cc3)cc2c1. The van der Waals surface area contributed by atoms with Gasteiger partial charge in [-0.05, 0) is 79.5 Å². The van der Waals surface area contributed by atoms with Crippen LogP contribution in [0.5, 0.6) is 0 Å². The quantitative estimate of drug-likeness (QED) is 0.641. The highest BCUT2D eigenvalue weighted by molar-refractivity contribution is 5.82. The molecular formula is C25H31N3O. The summed E-state index contributed by atoms with van der Waals surface area (Å²) in [6, 6.07) is 14.8. The van der Waals surface area contributed by atoms with Gasteiger partial charge < -0.3 is 15.2 Å². The molecule has 29 heavy (non-hydrogen) atoms. The third-order valence-electron chi connectivity index (χ3n) is 5.95. The first-order valence-corrected chi connectivity index (χ1v) is 10.6. The van der Waals surface area contributed by atoms with Gasteiger partial charge in [0.25, 0.3) is 5.56 Å². The van der Waals surface area contributed by atoms with E-state index >= 15 is 0 Å². The number of anilines is 2. The first-order chi connectivity index (χ1) is 13.9. The molecule has 4 rings (SSSR count). The Hall–Kier alpha value is -2.75. The molecule has 0 aliphatic carbocycles. The highest BCUT2D eigenvalue weighted by Crippen LogP contribution is 2.27. The zero-order valence-electron chi connectivity index (χ0n) is 17.9. The van der Waals surface area contributed by atoms with E-state index in [9.17, 15) is 4.79 Å². The first kappa shape index (κ1) is 19.6. The number of fused-ring (bicyclic) bond motifs is 1. The van der Waals surface area contributed by atoms with Crippen molar-refractivity contribution in [2.75, 3.05) is 23.3 Å². The Balaban J connectivity index is 1.48. The number of nitrogens with zero attached hydrogens (tertiary/aromatic N) is 1. The van der Waals surface area contributed by atoms with Crippen molar-refractivity contribution in [2.45, 2.75) is 40.7 Å². The van der Waals surface area contributed by atoms with Crippen molar-refractivity contribution in [1.29, 1.82) is 0 Å². The maximum atomic E-state index is 12.5. The number of H-pyrrole nitrogens is 1. The molecule has 0 unspecified atom stereocenters. The van der Waals surface area contributed by atoms with Crippen LogP contribution in [0, 0.1) is 25.7 Å². The monoisotopic (exact) mass is 389 g/mol. The number of nitrogens with one attached hydrogen (secondary N) is 2. The number of benzene rings is 2. The highest BCUT2D eigenvalue weighted by Gasteiger charge is 2.21. The molecule has 2 aromatic carbocycles. The molecule has 2 heterocycles. The molecule has 1 saturated heterocycles. The fraction of sp³-hybridized carbons (Fsp3) is 0.400. The minimum Gasteiger partial charge on any atom is -0.381 e. The summed E-state index contributed by atoms with van der Waals surface area (Å²) in [6.45, 7) is 11.6. The molecule has 0 amide bonds. The normalized spacial score (nSPS) is 19.5. The van der Waals surface area contributed by atoms with Gasteiger partial charge in [-0.15, -0.1) is 0 Å². The molecular weight excluding hydrogens is 358 g/mol. The number of pyridine rings is 1. The Labute approximate surface area is 173 Å². The molecule has 1 fully saturated rings. The predicted octanol–water partition coefficient (Wildman–Crippen LogP) is 5.24. The van der Waals surface area contributed by atoms with E-state index in [1.807, 2.05) is 13.0 Å². The van der Waals surface area contributed by atoms with Gasteiger partial charge in [0.1, 0.15) is 0 Å². The predicted molar refractivity (Wildman–Crippen MR) is 123 cm³/mol. The molecule has 2 atom stereocenters. The fourth-order valence-electron chi connectivity index (χ4n) is 4.72. The molecule has 0 radical (unpaired) electrons. The largest absolute Gasteiger partial charge is 0.381 e. The molecule has 1 aliphatic rings. The second-order valence-electron chi connectivity index (χ2n) is 8.92. The Morgan fingerprint density at radius 3 is 2.41 bits per heavy atom. The van der Waals surface area contributed by atoms with Crippen LogP contribution >= 0.6 is 0 Å². The van der Waals surface area contributed by atoms with Crippen molar-refractivity contribution in [3.05, 3.63) is 69.5 Å². The summed E-state index contributed by atoms with van der Waals surface area (Å²) in [5, 5.41) is 4.49. The lowest BCUT2D eigenvalue weighted by Crippen LogP contribution is -2.38. The smallest absolute Gasteiger partial charge is 0.253 e. The zero-order chi connectivity index (χ0) is 20.5. The van der Waals surface area contributed by atoms with E-state index in [4.69, 9.17) is 0 Å². The second kappa shape index (κ2) is 7.94. The Bertz CT molecular complexity index is 1060. The number of rotatable bonds is 4. The number of aromatic nitrogens is 1. The van der Waals surface area contributed by atoms with Crippen LogP contribution < -0.4 is 15.8 Å². The average molecular weight is 390 g/mol. The summed E-state index contributed by atoms with van der Waals surface area (Å²) in [5.41, 5.74) is 6.29. The number of hydrogen-bond acceptors (Lipinski definition) is 3. The van der Waals surface area contributed by atoms with E-state index < -0.39 is 0 Å². The van der Waals surface area contributed by atoms with Crippen LogP contribution in [0.15, 0.2) is 47.3 Å². The summed E-state index contributed by atoms with van der Waals surface area (Å²) in [4.78, 5) is 18.0. The average Bonchev–Trinajstić information content (AvgIpc) is 2.67. The van der Waals surface area contributed by atoms with Gasteiger partial charge in [0.15, 0.2) is 0 Å².